The molecule has 7 aromatic carbocycles. The normalized spacial score (nSPS) is 13.4. The van der Waals surface area contributed by atoms with Crippen LogP contribution in [0.1, 0.15) is 380 Å². The van der Waals surface area contributed by atoms with Crippen LogP contribution in [0.5, 0.6) is 5.75 Å². The maximum Gasteiger partial charge on any atom is 0.420 e. The van der Waals surface area contributed by atoms with Crippen molar-refractivity contribution >= 4 is 81.8 Å². The molecule has 0 aliphatic rings. The van der Waals surface area contributed by atoms with E-state index in [0.717, 1.165) is 53.1 Å². The summed E-state index contributed by atoms with van der Waals surface area (Å²) >= 11 is 6.28. The molecule has 145 heavy (non-hydrogen) atoms. The van der Waals surface area contributed by atoms with Crippen molar-refractivity contribution in [2.24, 2.45) is 0 Å². The summed E-state index contributed by atoms with van der Waals surface area (Å²) in [4.78, 5) is -2.35. The van der Waals surface area contributed by atoms with Crippen LogP contribution >= 0.6 is 11.6 Å². The Labute approximate surface area is 859 Å². The third-order valence-electron chi connectivity index (χ3n) is 20.5. The van der Waals surface area contributed by atoms with Crippen LogP contribution in [0.25, 0.3) is 0 Å². The lowest BCUT2D eigenvalue weighted by Crippen LogP contribution is -2.43. The molecule has 0 fully saturated rings. The van der Waals surface area contributed by atoms with Gasteiger partial charge in [0.15, 0.2) is 0 Å². The second-order valence-corrected chi connectivity index (χ2v) is 55.9. The SMILES string of the molecule is CC(C)c1ccc(S(=O)(=O)NC(C)(C)C)c(C(F)(F)F)c1.CC(C)c1ccc(S(=O)(=O)NC(C)(C)C)c(C(F)(F)F)c1F.CC(C)c1ccc(S(=O)(=O)NC(C)(C)C)c(C(F)F)c1.CCC(C)(C)NS(=O)(=O)c1ccc(C(C)C)cc1C(F)(F)F.Cc1c(C(C)C)ccc(S(=O)(=O)NC(C)(C)C)c1C.Cc1c(S(=O)(=O)NC(C)(C)C)ccc(C(C)C)c1Cl.Cc1c(S(=O)(=O)NC(C)(C)C)ccc(C(C)C)c1OC(F)F. The van der Waals surface area contributed by atoms with E-state index >= 15 is 0 Å². The first-order chi connectivity index (χ1) is 64.4. The zero-order chi connectivity index (χ0) is 115. The van der Waals surface area contributed by atoms with E-state index in [1.165, 1.54) is 83.5 Å². The van der Waals surface area contributed by atoms with Crippen LogP contribution in [0.2, 0.25) is 5.02 Å². The molecule has 0 atom stereocenters. The fourth-order valence-corrected chi connectivity index (χ4v) is 25.7. The number of ether oxygens (including phenoxy) is 1. The van der Waals surface area contributed by atoms with E-state index in [9.17, 15) is 120 Å². The highest BCUT2D eigenvalue weighted by Gasteiger charge is 2.45. The number of rotatable bonds is 26. The molecule has 22 nitrogen and oxygen atoms in total. The number of hydrogen-bond donors (Lipinski definition) is 7. The van der Waals surface area contributed by atoms with Gasteiger partial charge in [-0.05, 0) is 330 Å². The number of benzene rings is 7. The largest absolute Gasteiger partial charge is 0.434 e. The van der Waals surface area contributed by atoms with Gasteiger partial charge in [-0.15, -0.1) is 0 Å². The Morgan fingerprint density at radius 3 is 0.834 bits per heavy atom. The molecule has 0 aromatic heterocycles. The van der Waals surface area contributed by atoms with Gasteiger partial charge in [-0.25, -0.2) is 105 Å². The smallest absolute Gasteiger partial charge is 0.420 e. The van der Waals surface area contributed by atoms with E-state index in [1.54, 1.807) is 142 Å². The average molecular weight is 2230 g/mol. The molecule has 0 bridgehead atoms. The molecule has 0 spiro atoms. The van der Waals surface area contributed by atoms with Crippen molar-refractivity contribution in [1.82, 2.24) is 33.1 Å². The fraction of sp³-hybridized carbons (Fsp3) is 0.584. The Kier molecular flexibility index (Phi) is 47.8. The monoisotopic (exact) mass is 2230 g/mol. The van der Waals surface area contributed by atoms with Crippen LogP contribution in [0.15, 0.2) is 137 Å². The molecule has 44 heteroatoms. The van der Waals surface area contributed by atoms with E-state index in [4.69, 9.17) is 11.6 Å². The summed E-state index contributed by atoms with van der Waals surface area (Å²) in [5, 5.41) is 0.534. The summed E-state index contributed by atoms with van der Waals surface area (Å²) < 4.78 is 378. The minimum absolute atomic E-state index is 0.0533. The lowest BCUT2D eigenvalue weighted by atomic mass is 9.95. The Hall–Kier alpha value is -6.98. The molecule has 7 rings (SSSR count). The maximum atomic E-state index is 14.2. The predicted octanol–water partition coefficient (Wildman–Crippen LogP) is 27.2. The lowest BCUT2D eigenvalue weighted by molar-refractivity contribution is -0.142. The van der Waals surface area contributed by atoms with E-state index in [0.29, 0.717) is 50.1 Å². The first kappa shape index (κ1) is 136. The Balaban J connectivity index is 0.000000846. The van der Waals surface area contributed by atoms with Gasteiger partial charge in [-0.3, -0.25) is 0 Å². The predicted molar refractivity (Wildman–Crippen MR) is 549 cm³/mol. The summed E-state index contributed by atoms with van der Waals surface area (Å²) in [5.74, 6) is -1.73. The van der Waals surface area contributed by atoms with Gasteiger partial charge in [0.25, 0.3) is 6.43 Å². The maximum absolute atomic E-state index is 14.2. The molecule has 0 radical (unpaired) electrons. The molecule has 7 N–H and O–H groups in total. The molecule has 0 aliphatic carbocycles. The number of alkyl halides is 13. The van der Waals surface area contributed by atoms with Crippen LogP contribution < -0.4 is 37.8 Å². The second kappa shape index (κ2) is 51.0. The van der Waals surface area contributed by atoms with Crippen LogP contribution in [-0.4, -0.2) is 104 Å². The van der Waals surface area contributed by atoms with Gasteiger partial charge < -0.3 is 4.74 Å². The molecule has 7 aromatic rings. The standard InChI is InChI=1S/C15H22F3NO2S.C15H23F2NO3S.C15H25NO2S.C14H22ClNO2S.C14H19F4NO2S.C14H20F3NO2S.C14H21F2NO2S/c1-6-14(4,5)19-22(20,21)13-8-7-11(10(2)3)9-12(13)15(16,17)18;1-9(2)11-7-8-12(10(3)13(11)21-14(16)17)22(19,20)18-15(4,5)6;1-10(2)13-8-9-14(12(4)11(13)3)19(17,18)16-15(5,6)7;1-9(2)11-7-8-12(10(3)13(11)15)19(17,18)16-14(4,5)6;1-8(2)9-6-7-10(11(12(9)15)14(16,17)18)22(20,21)19-13(3,4)5;1-9(2)10-6-7-12(11(8-10)14(15,16)17)21(19,20)18-13(3,4)5;1-9(2)10-6-7-12(11(8-10)13(15)16)20(18,19)17-14(3,4)5/h7-10,19H,6H2,1-5H3;7-9,14,18H,1-6H3;8-10,16H,1-7H3;7-9,16H,1-6H3;6-8,19H,1-5H3;6-9,18H,1-5H3;6-9,13,17H,1-5H3. The number of nitrogens with one attached hydrogen (secondary N) is 7. The van der Waals surface area contributed by atoms with Crippen LogP contribution in [-0.2, 0) is 88.7 Å². The van der Waals surface area contributed by atoms with Gasteiger partial charge in [0.05, 0.1) is 45.4 Å². The minimum Gasteiger partial charge on any atom is -0.434 e. The highest BCUT2D eigenvalue weighted by Crippen LogP contribution is 2.44. The second-order valence-electron chi connectivity index (χ2n) is 44.0. The van der Waals surface area contributed by atoms with E-state index in [-0.39, 0.29) is 61.2 Å². The first-order valence-corrected chi connectivity index (χ1v) is 57.2. The molecule has 0 aliphatic heterocycles. The van der Waals surface area contributed by atoms with Crippen molar-refractivity contribution in [2.45, 2.75) is 422 Å². The van der Waals surface area contributed by atoms with Crippen molar-refractivity contribution in [2.75, 3.05) is 0 Å². The third kappa shape index (κ3) is 43.0. The molecule has 0 saturated carbocycles. The Morgan fingerprint density at radius 1 is 0.290 bits per heavy atom. The molecular formula is C101H152ClF14N7O15S7. The molecule has 0 saturated heterocycles. The van der Waals surface area contributed by atoms with E-state index < -0.39 is 189 Å². The summed E-state index contributed by atoms with van der Waals surface area (Å²) in [5.41, 5.74) is -2.74. The number of halogens is 15. The van der Waals surface area contributed by atoms with Crippen LogP contribution in [0.3, 0.4) is 0 Å². The van der Waals surface area contributed by atoms with Crippen molar-refractivity contribution in [1.29, 1.82) is 0 Å². The quantitative estimate of drug-likeness (QED) is 0.0248. The van der Waals surface area contributed by atoms with Gasteiger partial charge in [-0.1, -0.05) is 158 Å². The number of hydrogen-bond acceptors (Lipinski definition) is 15. The van der Waals surface area contributed by atoms with E-state index in [1.807, 2.05) is 103 Å². The Bertz CT molecular complexity index is 6330. The zero-order valence-electron chi connectivity index (χ0n) is 90.4. The summed E-state index contributed by atoms with van der Waals surface area (Å²) in [6.07, 6.45) is -17.0. The topological polar surface area (TPSA) is 332 Å². The molecule has 0 amide bonds. The van der Waals surface area contributed by atoms with Crippen molar-refractivity contribution in [3.05, 3.63) is 197 Å². The number of sulfonamides is 7. The molecule has 0 unspecified atom stereocenters. The van der Waals surface area contributed by atoms with Gasteiger partial charge in [0, 0.05) is 54.9 Å². The zero-order valence-corrected chi connectivity index (χ0v) is 96.8. The summed E-state index contributed by atoms with van der Waals surface area (Å²) in [6, 6.07) is 22.7. The van der Waals surface area contributed by atoms with Gasteiger partial charge in [0.2, 0.25) is 70.2 Å². The molecule has 828 valence electrons. The van der Waals surface area contributed by atoms with Crippen LogP contribution in [0.4, 0.5) is 61.5 Å². The van der Waals surface area contributed by atoms with Gasteiger partial charge in [-0.2, -0.15) is 48.3 Å². The Morgan fingerprint density at radius 2 is 0.545 bits per heavy atom. The average Bonchev–Trinajstić information content (AvgIpc) is 0.784. The van der Waals surface area contributed by atoms with Crippen LogP contribution in [0, 0.1) is 33.5 Å². The third-order valence-corrected chi connectivity index (χ3v) is 33.9. The molecule has 0 heterocycles. The van der Waals surface area contributed by atoms with Crippen molar-refractivity contribution in [3.63, 3.8) is 0 Å². The van der Waals surface area contributed by atoms with Crippen molar-refractivity contribution in [3.8, 4) is 5.75 Å². The summed E-state index contributed by atoms with van der Waals surface area (Å²) in [6.45, 7) is 65.0. The van der Waals surface area contributed by atoms with Gasteiger partial charge in [0.1, 0.15) is 17.1 Å². The highest BCUT2D eigenvalue weighted by atomic mass is 35.5. The van der Waals surface area contributed by atoms with E-state index in [2.05, 4.69) is 51.6 Å². The molecular weight excluding hydrogens is 2080 g/mol. The van der Waals surface area contributed by atoms with Gasteiger partial charge >= 0.3 is 25.1 Å². The fourth-order valence-electron chi connectivity index (χ4n) is 13.7. The van der Waals surface area contributed by atoms with Crippen molar-refractivity contribution < 1.29 is 125 Å². The summed E-state index contributed by atoms with van der Waals surface area (Å²) in [7, 11) is -27.8. The first-order valence-electron chi connectivity index (χ1n) is 46.4. The lowest BCUT2D eigenvalue weighted by Gasteiger charge is -2.25. The highest BCUT2D eigenvalue weighted by molar-refractivity contribution is 7.91. The minimum atomic E-state index is -5.11.